The highest BCUT2D eigenvalue weighted by molar-refractivity contribution is 6.00. The van der Waals surface area contributed by atoms with E-state index in [-0.39, 0.29) is 0 Å². The highest BCUT2D eigenvalue weighted by Crippen LogP contribution is 2.64. The van der Waals surface area contributed by atoms with Gasteiger partial charge in [0.15, 0.2) is 5.82 Å². The molecule has 0 radical (unpaired) electrons. The molecule has 9 aromatic rings. The van der Waals surface area contributed by atoms with E-state index in [9.17, 15) is 0 Å². The molecule has 57 heavy (non-hydrogen) atoms. The van der Waals surface area contributed by atoms with Crippen LogP contribution >= 0.6 is 0 Å². The number of rotatable bonds is 5. The molecule has 0 saturated heterocycles. The predicted octanol–water partition coefficient (Wildman–Crippen LogP) is 13.2. The number of aryl methyl sites for hydroxylation is 2. The first-order valence-corrected chi connectivity index (χ1v) is 19.6. The van der Waals surface area contributed by atoms with E-state index in [4.69, 9.17) is 15.0 Å². The van der Waals surface area contributed by atoms with E-state index in [0.29, 0.717) is 0 Å². The van der Waals surface area contributed by atoms with Gasteiger partial charge in [0.2, 0.25) is 0 Å². The van der Waals surface area contributed by atoms with Crippen LogP contribution in [0.3, 0.4) is 0 Å². The molecule has 1 atom stereocenters. The molecule has 2 aromatic heterocycles. The van der Waals surface area contributed by atoms with Crippen molar-refractivity contribution < 1.29 is 0 Å². The molecule has 2 aliphatic carbocycles. The van der Waals surface area contributed by atoms with Gasteiger partial charge in [-0.25, -0.2) is 9.97 Å². The Labute approximate surface area is 333 Å². The fourth-order valence-corrected chi connectivity index (χ4v) is 9.48. The van der Waals surface area contributed by atoms with E-state index >= 15 is 0 Å². The van der Waals surface area contributed by atoms with Crippen LogP contribution in [-0.2, 0) is 5.41 Å². The largest absolute Gasteiger partial charge is 0.256 e. The van der Waals surface area contributed by atoms with Gasteiger partial charge in [0.05, 0.1) is 16.8 Å². The summed E-state index contributed by atoms with van der Waals surface area (Å²) in [4.78, 5) is 15.0. The SMILES string of the molecule is Cc1cc(-c2ccccc2)nc(-c2ccc3c(c2)C2(c4ccccc4-3)c3ccccc3-c3c(-c4ccc(-c5cnc(-c6ccccc6)cc5C)cc4)cccc32)n1. The number of aromatic nitrogens is 3. The zero-order chi connectivity index (χ0) is 38.1. The van der Waals surface area contributed by atoms with Gasteiger partial charge in [-0.2, -0.15) is 0 Å². The summed E-state index contributed by atoms with van der Waals surface area (Å²) in [6.07, 6.45) is 2.01. The summed E-state index contributed by atoms with van der Waals surface area (Å²) < 4.78 is 0. The fourth-order valence-electron chi connectivity index (χ4n) is 9.48. The Morgan fingerprint density at radius 1 is 0.368 bits per heavy atom. The molecule has 0 aliphatic heterocycles. The maximum atomic E-state index is 5.14. The Bertz CT molecular complexity index is 3020. The van der Waals surface area contributed by atoms with Crippen LogP contribution in [-0.4, -0.2) is 15.0 Å². The second-order valence-electron chi connectivity index (χ2n) is 15.2. The quantitative estimate of drug-likeness (QED) is 0.177. The lowest BCUT2D eigenvalue weighted by atomic mass is 9.70. The van der Waals surface area contributed by atoms with Crippen molar-refractivity contribution in [3.05, 3.63) is 222 Å². The molecule has 0 N–H and O–H groups in total. The summed E-state index contributed by atoms with van der Waals surface area (Å²) in [5, 5.41) is 0. The first-order valence-electron chi connectivity index (χ1n) is 19.6. The van der Waals surface area contributed by atoms with Gasteiger partial charge >= 0.3 is 0 Å². The van der Waals surface area contributed by atoms with Gasteiger partial charge < -0.3 is 0 Å². The maximum absolute atomic E-state index is 5.14. The average Bonchev–Trinajstić information content (AvgIpc) is 3.74. The first-order chi connectivity index (χ1) is 28.1. The van der Waals surface area contributed by atoms with Crippen molar-refractivity contribution in [3.8, 4) is 78.4 Å². The van der Waals surface area contributed by atoms with Crippen molar-refractivity contribution in [1.82, 2.24) is 15.0 Å². The van der Waals surface area contributed by atoms with Gasteiger partial charge in [0, 0.05) is 34.1 Å². The van der Waals surface area contributed by atoms with E-state index in [1.54, 1.807) is 0 Å². The molecular formula is C54H37N3. The molecule has 11 rings (SSSR count). The minimum Gasteiger partial charge on any atom is -0.256 e. The Balaban J connectivity index is 1.06. The van der Waals surface area contributed by atoms with Crippen LogP contribution in [0.15, 0.2) is 188 Å². The molecule has 1 spiro atoms. The van der Waals surface area contributed by atoms with E-state index in [0.717, 1.165) is 50.7 Å². The van der Waals surface area contributed by atoms with Crippen LogP contribution in [0.2, 0.25) is 0 Å². The Hall–Kier alpha value is -7.23. The number of nitrogens with zero attached hydrogens (tertiary/aromatic N) is 3. The molecule has 7 aromatic carbocycles. The zero-order valence-electron chi connectivity index (χ0n) is 31.7. The molecule has 268 valence electrons. The van der Waals surface area contributed by atoms with Crippen LogP contribution in [0.5, 0.6) is 0 Å². The van der Waals surface area contributed by atoms with Crippen molar-refractivity contribution in [3.63, 3.8) is 0 Å². The van der Waals surface area contributed by atoms with E-state index < -0.39 is 5.41 Å². The average molecular weight is 728 g/mol. The Kier molecular flexibility index (Phi) is 7.52. The number of hydrogen-bond acceptors (Lipinski definition) is 3. The van der Waals surface area contributed by atoms with Crippen LogP contribution < -0.4 is 0 Å². The van der Waals surface area contributed by atoms with Crippen molar-refractivity contribution >= 4 is 0 Å². The van der Waals surface area contributed by atoms with Gasteiger partial charge in [0.1, 0.15) is 0 Å². The molecule has 3 nitrogen and oxygen atoms in total. The number of hydrogen-bond donors (Lipinski definition) is 0. The first kappa shape index (κ1) is 33.1. The third-order valence-electron chi connectivity index (χ3n) is 12.0. The third kappa shape index (κ3) is 5.09. The summed E-state index contributed by atoms with van der Waals surface area (Å²) in [5.74, 6) is 0.739. The van der Waals surface area contributed by atoms with Gasteiger partial charge in [-0.1, -0.05) is 164 Å². The van der Waals surface area contributed by atoms with E-state index in [1.165, 1.54) is 61.2 Å². The lowest BCUT2D eigenvalue weighted by Crippen LogP contribution is -2.26. The maximum Gasteiger partial charge on any atom is 0.160 e. The second kappa shape index (κ2) is 12.9. The summed E-state index contributed by atoms with van der Waals surface area (Å²) in [6.45, 7) is 4.23. The number of fused-ring (bicyclic) bond motifs is 10. The van der Waals surface area contributed by atoms with Gasteiger partial charge in [-0.05, 0) is 98.8 Å². The summed E-state index contributed by atoms with van der Waals surface area (Å²) in [5.41, 5.74) is 21.8. The van der Waals surface area contributed by atoms with Gasteiger partial charge in [0.25, 0.3) is 0 Å². The minimum atomic E-state index is -0.501. The lowest BCUT2D eigenvalue weighted by Gasteiger charge is -2.30. The topological polar surface area (TPSA) is 38.7 Å². The van der Waals surface area contributed by atoms with E-state index in [1.807, 2.05) is 18.3 Å². The van der Waals surface area contributed by atoms with Crippen LogP contribution in [0.25, 0.3) is 78.4 Å². The Morgan fingerprint density at radius 3 is 1.65 bits per heavy atom. The van der Waals surface area contributed by atoms with Gasteiger partial charge in [-0.15, -0.1) is 0 Å². The van der Waals surface area contributed by atoms with Crippen molar-refractivity contribution in [2.75, 3.05) is 0 Å². The fraction of sp³-hybridized carbons (Fsp3) is 0.0556. The molecule has 0 fully saturated rings. The summed E-state index contributed by atoms with van der Waals surface area (Å²) in [6, 6.07) is 65.8. The molecule has 1 unspecified atom stereocenters. The van der Waals surface area contributed by atoms with Crippen molar-refractivity contribution in [2.45, 2.75) is 19.3 Å². The van der Waals surface area contributed by atoms with Crippen LogP contribution in [0.4, 0.5) is 0 Å². The third-order valence-corrected chi connectivity index (χ3v) is 12.0. The smallest absolute Gasteiger partial charge is 0.160 e. The highest BCUT2D eigenvalue weighted by Gasteiger charge is 2.52. The van der Waals surface area contributed by atoms with Crippen molar-refractivity contribution in [2.24, 2.45) is 0 Å². The highest BCUT2D eigenvalue weighted by atomic mass is 14.9. The predicted molar refractivity (Wildman–Crippen MR) is 233 cm³/mol. The summed E-state index contributed by atoms with van der Waals surface area (Å²) in [7, 11) is 0. The molecule has 2 aliphatic rings. The van der Waals surface area contributed by atoms with Gasteiger partial charge in [-0.3, -0.25) is 4.98 Å². The molecular weight excluding hydrogens is 691 g/mol. The monoisotopic (exact) mass is 727 g/mol. The lowest BCUT2D eigenvalue weighted by molar-refractivity contribution is 0.794. The molecule has 0 amide bonds. The molecule has 0 bridgehead atoms. The number of pyridine rings is 1. The Morgan fingerprint density at radius 2 is 0.930 bits per heavy atom. The van der Waals surface area contributed by atoms with Crippen LogP contribution in [0, 0.1) is 13.8 Å². The normalized spacial score (nSPS) is 14.6. The molecule has 2 heterocycles. The van der Waals surface area contributed by atoms with Crippen molar-refractivity contribution in [1.29, 1.82) is 0 Å². The molecule has 3 heteroatoms. The zero-order valence-corrected chi connectivity index (χ0v) is 31.7. The summed E-state index contributed by atoms with van der Waals surface area (Å²) >= 11 is 0. The standard InChI is InChI=1S/C54H37N3/c1-34-30-50(38-14-5-3-6-15-38)55-33-45(34)37-26-24-36(25-27-37)41-20-13-23-48-52(41)44-19-10-12-22-47(44)54(48)46-21-11-9-18-42(46)43-29-28-40(32-49(43)54)53-56-35(2)31-51(57-53)39-16-7-4-8-17-39/h3-33H,1-2H3. The second-order valence-corrected chi connectivity index (χ2v) is 15.2. The molecule has 0 saturated carbocycles. The number of benzene rings is 7. The van der Waals surface area contributed by atoms with E-state index in [2.05, 4.69) is 184 Å². The minimum absolute atomic E-state index is 0.501. The van der Waals surface area contributed by atoms with Crippen LogP contribution in [0.1, 0.15) is 33.5 Å².